The average Bonchev–Trinajstić information content (AvgIpc) is 2.34. The molecular weight excluding hydrogens is 328 g/mol. The van der Waals surface area contributed by atoms with E-state index in [0.717, 1.165) is 15.7 Å². The Morgan fingerprint density at radius 2 is 2.26 bits per heavy atom. The number of thiocarbonyl (C=S) groups is 1. The third-order valence-electron chi connectivity index (χ3n) is 2.44. The normalized spacial score (nSPS) is 10.0. The van der Waals surface area contributed by atoms with E-state index in [1.807, 2.05) is 18.2 Å². The van der Waals surface area contributed by atoms with E-state index in [4.69, 9.17) is 22.7 Å². The third-order valence-corrected chi connectivity index (χ3v) is 3.30. The fourth-order valence-corrected chi connectivity index (χ4v) is 2.54. The molecule has 1 aromatic carbocycles. The highest BCUT2D eigenvalue weighted by atomic mass is 79.9. The maximum atomic E-state index is 11.2. The van der Waals surface area contributed by atoms with Crippen molar-refractivity contribution in [3.05, 3.63) is 28.2 Å². The molecule has 0 radical (unpaired) electrons. The number of ether oxygens (including phenoxy) is 1. The molecular formula is C13H17BrN2O2S. The molecule has 4 nitrogen and oxygen atoms in total. The zero-order chi connectivity index (χ0) is 14.3. The molecule has 3 N–H and O–H groups in total. The van der Waals surface area contributed by atoms with Crippen molar-refractivity contribution < 1.29 is 9.53 Å². The lowest BCUT2D eigenvalue weighted by atomic mass is 10.1. The molecule has 6 heteroatoms. The predicted molar refractivity (Wildman–Crippen MR) is 84.4 cm³/mol. The second kappa shape index (κ2) is 8.12. The number of hydrogen-bond acceptors (Lipinski definition) is 4. The Morgan fingerprint density at radius 1 is 1.53 bits per heavy atom. The summed E-state index contributed by atoms with van der Waals surface area (Å²) >= 11 is 8.44. The third kappa shape index (κ3) is 5.16. The van der Waals surface area contributed by atoms with E-state index in [0.29, 0.717) is 31.0 Å². The first kappa shape index (κ1) is 15.9. The number of esters is 1. The van der Waals surface area contributed by atoms with Gasteiger partial charge in [0.05, 0.1) is 6.61 Å². The van der Waals surface area contributed by atoms with Crippen LogP contribution in [0.15, 0.2) is 22.7 Å². The molecule has 0 saturated carbocycles. The van der Waals surface area contributed by atoms with Gasteiger partial charge in [-0.05, 0) is 41.4 Å². The Morgan fingerprint density at radius 3 is 2.89 bits per heavy atom. The van der Waals surface area contributed by atoms with Crippen molar-refractivity contribution in [2.24, 2.45) is 5.73 Å². The van der Waals surface area contributed by atoms with Crippen LogP contribution in [0.5, 0.6) is 0 Å². The van der Waals surface area contributed by atoms with Crippen LogP contribution in [-0.2, 0) is 9.53 Å². The molecule has 1 rings (SSSR count). The molecule has 0 aliphatic carbocycles. The highest BCUT2D eigenvalue weighted by Gasteiger charge is 2.09. The molecule has 0 atom stereocenters. The monoisotopic (exact) mass is 344 g/mol. The minimum Gasteiger partial charge on any atom is -0.466 e. The zero-order valence-electron chi connectivity index (χ0n) is 10.7. The van der Waals surface area contributed by atoms with E-state index in [2.05, 4.69) is 21.2 Å². The summed E-state index contributed by atoms with van der Waals surface area (Å²) < 4.78 is 5.72. The van der Waals surface area contributed by atoms with E-state index in [9.17, 15) is 4.79 Å². The van der Waals surface area contributed by atoms with Crippen molar-refractivity contribution in [1.29, 1.82) is 0 Å². The van der Waals surface area contributed by atoms with Crippen LogP contribution in [0.1, 0.15) is 25.3 Å². The van der Waals surface area contributed by atoms with Gasteiger partial charge in [-0.2, -0.15) is 0 Å². The van der Waals surface area contributed by atoms with E-state index >= 15 is 0 Å². The van der Waals surface area contributed by atoms with Crippen LogP contribution in [0.25, 0.3) is 0 Å². The molecule has 0 aliphatic rings. The molecule has 0 fully saturated rings. The zero-order valence-corrected chi connectivity index (χ0v) is 13.1. The fourth-order valence-electron chi connectivity index (χ4n) is 1.61. The SMILES string of the molecule is CCOC(=O)CCCNc1cccc(Br)c1C(N)=S. The van der Waals surface area contributed by atoms with Gasteiger partial charge in [0.1, 0.15) is 4.99 Å². The summed E-state index contributed by atoms with van der Waals surface area (Å²) in [5, 5.41) is 3.23. The van der Waals surface area contributed by atoms with E-state index in [-0.39, 0.29) is 5.97 Å². The lowest BCUT2D eigenvalue weighted by Crippen LogP contribution is -2.15. The molecule has 0 aliphatic heterocycles. The molecule has 0 saturated heterocycles. The minimum absolute atomic E-state index is 0.173. The summed E-state index contributed by atoms with van der Waals surface area (Å²) in [4.78, 5) is 11.5. The van der Waals surface area contributed by atoms with Crippen molar-refractivity contribution in [3.63, 3.8) is 0 Å². The number of carbonyl (C=O) groups excluding carboxylic acids is 1. The summed E-state index contributed by atoms with van der Waals surface area (Å²) in [5.74, 6) is -0.173. The van der Waals surface area contributed by atoms with Crippen molar-refractivity contribution in [2.75, 3.05) is 18.5 Å². The molecule has 0 aromatic heterocycles. The van der Waals surface area contributed by atoms with Gasteiger partial charge in [0.25, 0.3) is 0 Å². The fraction of sp³-hybridized carbons (Fsp3) is 0.385. The molecule has 0 unspecified atom stereocenters. The Hall–Kier alpha value is -1.14. The number of anilines is 1. The highest BCUT2D eigenvalue weighted by Crippen LogP contribution is 2.24. The Labute approximate surface area is 126 Å². The van der Waals surface area contributed by atoms with Crippen molar-refractivity contribution >= 4 is 44.8 Å². The van der Waals surface area contributed by atoms with Crippen LogP contribution in [-0.4, -0.2) is 24.1 Å². The number of halogens is 1. The first-order chi connectivity index (χ1) is 9.06. The molecule has 104 valence electrons. The predicted octanol–water partition coefficient (Wildman–Crippen LogP) is 2.84. The average molecular weight is 345 g/mol. The van der Waals surface area contributed by atoms with Crippen molar-refractivity contribution in [1.82, 2.24) is 0 Å². The van der Waals surface area contributed by atoms with E-state index < -0.39 is 0 Å². The number of rotatable bonds is 7. The first-order valence-electron chi connectivity index (χ1n) is 6.04. The number of carbonyl (C=O) groups is 1. The van der Waals surface area contributed by atoms with Gasteiger partial charge < -0.3 is 15.8 Å². The standard InChI is InChI=1S/C13H17BrN2O2S/c1-2-18-11(17)7-4-8-16-10-6-3-5-9(14)12(10)13(15)19/h3,5-6,16H,2,4,7-8H2,1H3,(H2,15,19). The molecule has 1 aromatic rings. The lowest BCUT2D eigenvalue weighted by Gasteiger charge is -2.12. The van der Waals surface area contributed by atoms with Crippen LogP contribution >= 0.6 is 28.1 Å². The van der Waals surface area contributed by atoms with Crippen LogP contribution < -0.4 is 11.1 Å². The van der Waals surface area contributed by atoms with E-state index in [1.165, 1.54) is 0 Å². The second-order valence-electron chi connectivity index (χ2n) is 3.86. The van der Waals surface area contributed by atoms with Gasteiger partial charge in [-0.3, -0.25) is 4.79 Å². The van der Waals surface area contributed by atoms with Crippen LogP contribution in [0, 0.1) is 0 Å². The quantitative estimate of drug-likeness (QED) is 0.452. The van der Waals surface area contributed by atoms with Crippen molar-refractivity contribution in [3.8, 4) is 0 Å². The van der Waals surface area contributed by atoms with Gasteiger partial charge >= 0.3 is 5.97 Å². The summed E-state index contributed by atoms with van der Waals surface area (Å²) in [5.41, 5.74) is 7.35. The largest absolute Gasteiger partial charge is 0.466 e. The molecule has 0 amide bonds. The number of hydrogen-bond donors (Lipinski definition) is 2. The topological polar surface area (TPSA) is 64.3 Å². The molecule has 19 heavy (non-hydrogen) atoms. The van der Waals surface area contributed by atoms with Gasteiger partial charge in [0.2, 0.25) is 0 Å². The van der Waals surface area contributed by atoms with Gasteiger partial charge in [-0.15, -0.1) is 0 Å². The Kier molecular flexibility index (Phi) is 6.80. The first-order valence-corrected chi connectivity index (χ1v) is 7.24. The lowest BCUT2D eigenvalue weighted by molar-refractivity contribution is -0.143. The summed E-state index contributed by atoms with van der Waals surface area (Å²) in [6, 6.07) is 5.70. The highest BCUT2D eigenvalue weighted by molar-refractivity contribution is 9.10. The van der Waals surface area contributed by atoms with Crippen molar-refractivity contribution in [2.45, 2.75) is 19.8 Å². The minimum atomic E-state index is -0.173. The maximum Gasteiger partial charge on any atom is 0.305 e. The summed E-state index contributed by atoms with van der Waals surface area (Å²) in [6.07, 6.45) is 1.10. The van der Waals surface area contributed by atoms with Crippen LogP contribution in [0.4, 0.5) is 5.69 Å². The van der Waals surface area contributed by atoms with Gasteiger partial charge in [0.15, 0.2) is 0 Å². The number of benzene rings is 1. The number of nitrogens with two attached hydrogens (primary N) is 1. The number of nitrogens with one attached hydrogen (secondary N) is 1. The smallest absolute Gasteiger partial charge is 0.305 e. The van der Waals surface area contributed by atoms with Crippen LogP contribution in [0.3, 0.4) is 0 Å². The van der Waals surface area contributed by atoms with Gasteiger partial charge in [0, 0.05) is 28.7 Å². The van der Waals surface area contributed by atoms with Gasteiger partial charge in [-0.1, -0.05) is 18.3 Å². The Bertz CT molecular complexity index is 466. The van der Waals surface area contributed by atoms with E-state index in [1.54, 1.807) is 6.92 Å². The maximum absolute atomic E-state index is 11.2. The molecule has 0 spiro atoms. The summed E-state index contributed by atoms with van der Waals surface area (Å²) in [6.45, 7) is 2.88. The Balaban J connectivity index is 2.52. The summed E-state index contributed by atoms with van der Waals surface area (Å²) in [7, 11) is 0. The van der Waals surface area contributed by atoms with Gasteiger partial charge in [-0.25, -0.2) is 0 Å². The molecule has 0 bridgehead atoms. The van der Waals surface area contributed by atoms with Crippen LogP contribution in [0.2, 0.25) is 0 Å². The molecule has 0 heterocycles. The second-order valence-corrected chi connectivity index (χ2v) is 5.16.